The zero-order valence-electron chi connectivity index (χ0n) is 16.5. The van der Waals surface area contributed by atoms with Gasteiger partial charge in [-0.3, -0.25) is 9.89 Å². The average molecular weight is 424 g/mol. The van der Waals surface area contributed by atoms with E-state index in [-0.39, 0.29) is 29.4 Å². The van der Waals surface area contributed by atoms with Gasteiger partial charge >= 0.3 is 12.2 Å². The Hall–Kier alpha value is -2.59. The van der Waals surface area contributed by atoms with Crippen molar-refractivity contribution in [3.63, 3.8) is 0 Å². The van der Waals surface area contributed by atoms with Crippen LogP contribution in [0.1, 0.15) is 68.0 Å². The van der Waals surface area contributed by atoms with Gasteiger partial charge < -0.3 is 14.6 Å². The highest BCUT2D eigenvalue weighted by Gasteiger charge is 2.50. The molecular formula is C19H23F3N6O2. The van der Waals surface area contributed by atoms with E-state index in [1.165, 1.54) is 12.8 Å². The van der Waals surface area contributed by atoms with Gasteiger partial charge in [0.2, 0.25) is 11.8 Å². The first-order valence-corrected chi connectivity index (χ1v) is 10.3. The monoisotopic (exact) mass is 424 g/mol. The summed E-state index contributed by atoms with van der Waals surface area (Å²) in [5.41, 5.74) is -0.292. The molecule has 1 aliphatic heterocycles. The Morgan fingerprint density at radius 1 is 1.27 bits per heavy atom. The lowest BCUT2D eigenvalue weighted by molar-refractivity contribution is -0.138. The lowest BCUT2D eigenvalue weighted by Gasteiger charge is -2.33. The molecular weight excluding hydrogens is 401 g/mol. The minimum absolute atomic E-state index is 0.0131. The Morgan fingerprint density at radius 2 is 2.00 bits per heavy atom. The molecule has 5 rings (SSSR count). The minimum atomic E-state index is -4.46. The molecule has 0 bridgehead atoms. The van der Waals surface area contributed by atoms with Crippen molar-refractivity contribution in [1.82, 2.24) is 25.3 Å². The van der Waals surface area contributed by atoms with Crippen LogP contribution >= 0.6 is 0 Å². The van der Waals surface area contributed by atoms with Gasteiger partial charge in [0.15, 0.2) is 0 Å². The molecule has 2 aromatic rings. The number of nitrogens with one attached hydrogen (secondary N) is 2. The lowest BCUT2D eigenvalue weighted by Crippen LogP contribution is -2.45. The molecule has 1 saturated heterocycles. The number of amides is 1. The lowest BCUT2D eigenvalue weighted by atomic mass is 9.93. The highest BCUT2D eigenvalue weighted by atomic mass is 19.4. The minimum Gasteiger partial charge on any atom is -0.408 e. The molecule has 0 radical (unpaired) electrons. The number of H-pyrrole nitrogens is 1. The van der Waals surface area contributed by atoms with Gasteiger partial charge in [-0.1, -0.05) is 5.10 Å². The Labute approximate surface area is 170 Å². The van der Waals surface area contributed by atoms with E-state index in [4.69, 9.17) is 4.42 Å². The van der Waals surface area contributed by atoms with Crippen molar-refractivity contribution in [2.24, 2.45) is 5.41 Å². The van der Waals surface area contributed by atoms with Crippen LogP contribution in [0.3, 0.4) is 0 Å². The first-order valence-electron chi connectivity index (χ1n) is 10.3. The summed E-state index contributed by atoms with van der Waals surface area (Å²) in [7, 11) is 0. The second-order valence-corrected chi connectivity index (χ2v) is 8.77. The van der Waals surface area contributed by atoms with Crippen molar-refractivity contribution in [2.75, 3.05) is 18.4 Å². The van der Waals surface area contributed by atoms with Gasteiger partial charge in [0.25, 0.3) is 0 Å². The van der Waals surface area contributed by atoms with Crippen LogP contribution < -0.4 is 5.32 Å². The Kier molecular flexibility index (Phi) is 4.33. The highest BCUT2D eigenvalue weighted by Crippen LogP contribution is 2.56. The van der Waals surface area contributed by atoms with Gasteiger partial charge in [-0.05, 0) is 44.4 Å². The van der Waals surface area contributed by atoms with Crippen molar-refractivity contribution in [2.45, 2.75) is 63.1 Å². The van der Waals surface area contributed by atoms with Crippen LogP contribution in [0.25, 0.3) is 0 Å². The number of anilines is 1. The van der Waals surface area contributed by atoms with Gasteiger partial charge in [0.1, 0.15) is 6.04 Å². The van der Waals surface area contributed by atoms with Crippen LogP contribution in [-0.4, -0.2) is 50.3 Å². The molecule has 2 saturated carbocycles. The first kappa shape index (κ1) is 19.4. The van der Waals surface area contributed by atoms with Gasteiger partial charge in [0.05, 0.1) is 11.3 Å². The summed E-state index contributed by atoms with van der Waals surface area (Å²) in [5.74, 6) is -0.476. The van der Waals surface area contributed by atoms with E-state index in [1.54, 1.807) is 6.92 Å². The number of aromatic nitrogens is 4. The highest BCUT2D eigenvalue weighted by molar-refractivity contribution is 5.83. The summed E-state index contributed by atoms with van der Waals surface area (Å²) >= 11 is 0. The molecule has 0 unspecified atom stereocenters. The molecule has 3 aliphatic rings. The fourth-order valence-corrected chi connectivity index (χ4v) is 4.42. The normalized spacial score (nSPS) is 25.9. The largest absolute Gasteiger partial charge is 0.419 e. The van der Waals surface area contributed by atoms with E-state index in [0.29, 0.717) is 11.8 Å². The van der Waals surface area contributed by atoms with Crippen molar-refractivity contribution < 1.29 is 22.4 Å². The SMILES string of the molecule is C[C@H](Nc1nnc([C@H]2C[C@@H]2c2n[nH]cc2C(F)(F)F)o1)C(=O)N1CCC2(CC1)CC2. The Balaban J connectivity index is 1.18. The maximum Gasteiger partial charge on any atom is 0.419 e. The number of alkyl halides is 3. The van der Waals surface area contributed by atoms with Crippen LogP contribution in [0.4, 0.5) is 19.2 Å². The molecule has 8 nitrogen and oxygen atoms in total. The quantitative estimate of drug-likeness (QED) is 0.764. The van der Waals surface area contributed by atoms with Crippen molar-refractivity contribution in [3.05, 3.63) is 23.3 Å². The van der Waals surface area contributed by atoms with Crippen molar-refractivity contribution >= 4 is 11.9 Å². The van der Waals surface area contributed by atoms with Crippen LogP contribution in [0, 0.1) is 5.41 Å². The van der Waals surface area contributed by atoms with E-state index < -0.39 is 23.7 Å². The number of likely N-dealkylation sites (tertiary alicyclic amines) is 1. The number of hydrogen-bond donors (Lipinski definition) is 2. The number of aromatic amines is 1. The fourth-order valence-electron chi connectivity index (χ4n) is 4.42. The smallest absolute Gasteiger partial charge is 0.408 e. The number of carbonyl (C=O) groups excluding carboxylic acids is 1. The van der Waals surface area contributed by atoms with Gasteiger partial charge in [-0.15, -0.1) is 5.10 Å². The van der Waals surface area contributed by atoms with Crippen LogP contribution in [0.15, 0.2) is 10.6 Å². The number of piperidine rings is 1. The Bertz CT molecular complexity index is 940. The van der Waals surface area contributed by atoms with Crippen LogP contribution in [-0.2, 0) is 11.0 Å². The fraction of sp³-hybridized carbons (Fsp3) is 0.684. The van der Waals surface area contributed by atoms with E-state index in [9.17, 15) is 18.0 Å². The second kappa shape index (κ2) is 6.71. The van der Waals surface area contributed by atoms with Crippen LogP contribution in [0.2, 0.25) is 0 Å². The number of nitrogens with zero attached hydrogens (tertiary/aromatic N) is 4. The number of carbonyl (C=O) groups is 1. The summed E-state index contributed by atoms with van der Waals surface area (Å²) in [5, 5.41) is 16.9. The third-order valence-corrected chi connectivity index (χ3v) is 6.68. The molecule has 11 heteroatoms. The maximum atomic E-state index is 13.1. The molecule has 3 heterocycles. The van der Waals surface area contributed by atoms with Crippen LogP contribution in [0.5, 0.6) is 0 Å². The molecule has 0 aromatic carbocycles. The number of rotatable bonds is 5. The molecule has 1 amide bonds. The summed E-state index contributed by atoms with van der Waals surface area (Å²) in [6.45, 7) is 3.29. The number of halogens is 3. The average Bonchev–Trinajstić information content (AvgIpc) is 3.54. The van der Waals surface area contributed by atoms with Crippen molar-refractivity contribution in [3.8, 4) is 0 Å². The first-order chi connectivity index (χ1) is 14.3. The zero-order chi connectivity index (χ0) is 21.1. The zero-order valence-corrected chi connectivity index (χ0v) is 16.5. The van der Waals surface area contributed by atoms with E-state index in [0.717, 1.165) is 32.1 Å². The Morgan fingerprint density at radius 3 is 2.67 bits per heavy atom. The molecule has 30 heavy (non-hydrogen) atoms. The standard InChI is InChI=1S/C19H23F3N6O2/c1-10(16(29)28-6-4-18(2-3-18)5-7-28)24-17-27-26-15(30-17)12-8-11(12)14-13(9-23-25-14)19(20,21)22/h9-12H,2-8H2,1H3,(H,23,25)(H,24,27)/t10-,11-,12-/m0/s1. The third kappa shape index (κ3) is 3.54. The van der Waals surface area contributed by atoms with E-state index >= 15 is 0 Å². The molecule has 1 spiro atoms. The van der Waals surface area contributed by atoms with Crippen molar-refractivity contribution in [1.29, 1.82) is 0 Å². The van der Waals surface area contributed by atoms with E-state index in [2.05, 4.69) is 25.7 Å². The van der Waals surface area contributed by atoms with E-state index in [1.807, 2.05) is 4.90 Å². The summed E-state index contributed by atoms with van der Waals surface area (Å²) in [6, 6.07) is -0.421. The molecule has 2 N–H and O–H groups in total. The molecule has 3 atom stereocenters. The molecule has 2 aromatic heterocycles. The molecule has 162 valence electrons. The predicted octanol–water partition coefficient (Wildman–Crippen LogP) is 3.29. The summed E-state index contributed by atoms with van der Waals surface area (Å²) in [4.78, 5) is 14.5. The third-order valence-electron chi connectivity index (χ3n) is 6.68. The van der Waals surface area contributed by atoms with Gasteiger partial charge in [0, 0.05) is 31.1 Å². The topological polar surface area (TPSA) is 99.9 Å². The maximum absolute atomic E-state index is 13.1. The van der Waals surface area contributed by atoms with Gasteiger partial charge in [-0.25, -0.2) is 0 Å². The second-order valence-electron chi connectivity index (χ2n) is 8.77. The summed E-state index contributed by atoms with van der Waals surface area (Å²) < 4.78 is 44.8. The predicted molar refractivity (Wildman–Crippen MR) is 98.6 cm³/mol. The number of hydrogen-bond acceptors (Lipinski definition) is 6. The molecule has 3 fully saturated rings. The van der Waals surface area contributed by atoms with Gasteiger partial charge in [-0.2, -0.15) is 18.3 Å². The molecule has 2 aliphatic carbocycles. The summed E-state index contributed by atoms with van der Waals surface area (Å²) in [6.07, 6.45) is 1.54.